The van der Waals surface area contributed by atoms with Crippen LogP contribution >= 0.6 is 0 Å². The number of anilines is 1. The average Bonchev–Trinajstić information content (AvgIpc) is 2.72. The highest BCUT2D eigenvalue weighted by atomic mass is 16.5. The van der Waals surface area contributed by atoms with Gasteiger partial charge in [-0.25, -0.2) is 0 Å². The minimum Gasteiger partial charge on any atom is -0.497 e. The summed E-state index contributed by atoms with van der Waals surface area (Å²) >= 11 is 0. The normalized spacial score (nSPS) is 19.1. The molecule has 0 bridgehead atoms. The molecule has 0 unspecified atom stereocenters. The molecule has 7 nitrogen and oxygen atoms in total. The Balaban J connectivity index is 1.39. The van der Waals surface area contributed by atoms with Gasteiger partial charge in [-0.1, -0.05) is 0 Å². The summed E-state index contributed by atoms with van der Waals surface area (Å²) in [6.45, 7) is 5.69. The number of hydrogen-bond acceptors (Lipinski definition) is 5. The number of rotatable bonds is 6. The number of primary amides is 1. The third-order valence-electron chi connectivity index (χ3n) is 5.70. The third kappa shape index (κ3) is 5.13. The van der Waals surface area contributed by atoms with Crippen LogP contribution in [-0.4, -0.2) is 74.5 Å². The van der Waals surface area contributed by atoms with Crippen molar-refractivity contribution in [1.29, 1.82) is 0 Å². The zero-order valence-electron chi connectivity index (χ0n) is 16.1. The number of likely N-dealkylation sites (tertiary alicyclic amines) is 1. The van der Waals surface area contributed by atoms with Crippen LogP contribution in [0.2, 0.25) is 0 Å². The maximum atomic E-state index is 12.5. The standard InChI is InChI=1S/C20H30N4O3/c1-27-18-4-2-17(3-5-18)23-12-14-24(15-13-23)19(25)8-11-22-9-6-16(7-10-22)20(21)26/h2-5,16H,6-15H2,1H3,(H2,21,26). The van der Waals surface area contributed by atoms with Gasteiger partial charge in [-0.2, -0.15) is 0 Å². The Labute approximate surface area is 161 Å². The van der Waals surface area contributed by atoms with Gasteiger partial charge in [-0.05, 0) is 50.2 Å². The number of amides is 2. The Hall–Kier alpha value is -2.28. The summed E-state index contributed by atoms with van der Waals surface area (Å²) in [7, 11) is 1.67. The molecule has 3 rings (SSSR count). The third-order valence-corrected chi connectivity index (χ3v) is 5.70. The van der Waals surface area contributed by atoms with E-state index >= 15 is 0 Å². The lowest BCUT2D eigenvalue weighted by Crippen LogP contribution is -2.49. The predicted octanol–water partition coefficient (Wildman–Crippen LogP) is 0.931. The molecule has 2 aliphatic heterocycles. The number of nitrogens with zero attached hydrogens (tertiary/aromatic N) is 3. The van der Waals surface area contributed by atoms with Crippen LogP contribution < -0.4 is 15.4 Å². The molecule has 0 spiro atoms. The molecule has 0 saturated carbocycles. The van der Waals surface area contributed by atoms with E-state index < -0.39 is 0 Å². The van der Waals surface area contributed by atoms with Gasteiger partial charge in [0.25, 0.3) is 0 Å². The van der Waals surface area contributed by atoms with Crippen molar-refractivity contribution in [2.75, 3.05) is 57.8 Å². The second-order valence-electron chi connectivity index (χ2n) is 7.33. The van der Waals surface area contributed by atoms with Crippen molar-refractivity contribution < 1.29 is 14.3 Å². The summed E-state index contributed by atoms with van der Waals surface area (Å²) in [5.41, 5.74) is 6.54. The average molecular weight is 374 g/mol. The molecule has 2 aliphatic rings. The van der Waals surface area contributed by atoms with Gasteiger partial charge in [-0.3, -0.25) is 9.59 Å². The zero-order chi connectivity index (χ0) is 19.2. The van der Waals surface area contributed by atoms with E-state index in [1.807, 2.05) is 17.0 Å². The van der Waals surface area contributed by atoms with Crippen LogP contribution in [0.15, 0.2) is 24.3 Å². The van der Waals surface area contributed by atoms with Crippen molar-refractivity contribution >= 4 is 17.5 Å². The van der Waals surface area contributed by atoms with E-state index in [1.165, 1.54) is 5.69 Å². The van der Waals surface area contributed by atoms with Gasteiger partial charge >= 0.3 is 0 Å². The first-order chi connectivity index (χ1) is 13.1. The van der Waals surface area contributed by atoms with Gasteiger partial charge in [0.15, 0.2) is 0 Å². The maximum absolute atomic E-state index is 12.5. The smallest absolute Gasteiger partial charge is 0.223 e. The largest absolute Gasteiger partial charge is 0.497 e. The highest BCUT2D eigenvalue weighted by Gasteiger charge is 2.25. The van der Waals surface area contributed by atoms with Crippen LogP contribution in [-0.2, 0) is 9.59 Å². The summed E-state index contributed by atoms with van der Waals surface area (Å²) < 4.78 is 5.20. The maximum Gasteiger partial charge on any atom is 0.223 e. The monoisotopic (exact) mass is 374 g/mol. The fourth-order valence-electron chi connectivity index (χ4n) is 3.86. The second-order valence-corrected chi connectivity index (χ2v) is 7.33. The highest BCUT2D eigenvalue weighted by molar-refractivity contribution is 5.77. The molecule has 2 heterocycles. The summed E-state index contributed by atoms with van der Waals surface area (Å²) in [6.07, 6.45) is 2.16. The number of piperidine rings is 1. The Morgan fingerprint density at radius 1 is 1.04 bits per heavy atom. The molecule has 1 aromatic carbocycles. The Bertz CT molecular complexity index is 633. The Kier molecular flexibility index (Phi) is 6.55. The number of methoxy groups -OCH3 is 1. The van der Waals surface area contributed by atoms with Crippen molar-refractivity contribution in [2.45, 2.75) is 19.3 Å². The molecule has 0 aliphatic carbocycles. The number of hydrogen-bond donors (Lipinski definition) is 1. The minimum atomic E-state index is -0.194. The van der Waals surface area contributed by atoms with Gasteiger partial charge in [0.2, 0.25) is 11.8 Å². The van der Waals surface area contributed by atoms with Gasteiger partial charge in [-0.15, -0.1) is 0 Å². The highest BCUT2D eigenvalue weighted by Crippen LogP contribution is 2.21. The molecule has 2 amide bonds. The van der Waals surface area contributed by atoms with Crippen molar-refractivity contribution in [3.63, 3.8) is 0 Å². The molecule has 7 heteroatoms. The van der Waals surface area contributed by atoms with Crippen LogP contribution in [0.25, 0.3) is 0 Å². The quantitative estimate of drug-likeness (QED) is 0.801. The van der Waals surface area contributed by atoms with Crippen LogP contribution in [0.1, 0.15) is 19.3 Å². The van der Waals surface area contributed by atoms with Crippen LogP contribution in [0, 0.1) is 5.92 Å². The molecular weight excluding hydrogens is 344 g/mol. The fourth-order valence-corrected chi connectivity index (χ4v) is 3.86. The van der Waals surface area contributed by atoms with Gasteiger partial charge in [0.05, 0.1) is 7.11 Å². The first-order valence-corrected chi connectivity index (χ1v) is 9.75. The fraction of sp³-hybridized carbons (Fsp3) is 0.600. The van der Waals surface area contributed by atoms with Gasteiger partial charge in [0.1, 0.15) is 5.75 Å². The molecule has 0 atom stereocenters. The number of carbonyl (C=O) groups is 2. The van der Waals surface area contributed by atoms with Crippen LogP contribution in [0.5, 0.6) is 5.75 Å². The van der Waals surface area contributed by atoms with E-state index in [0.29, 0.717) is 6.42 Å². The summed E-state index contributed by atoms with van der Waals surface area (Å²) in [5.74, 6) is 0.886. The Morgan fingerprint density at radius 2 is 1.67 bits per heavy atom. The lowest BCUT2D eigenvalue weighted by molar-refractivity contribution is -0.132. The molecule has 0 radical (unpaired) electrons. The predicted molar refractivity (Wildman–Crippen MR) is 105 cm³/mol. The molecule has 2 N–H and O–H groups in total. The first kappa shape index (κ1) is 19.5. The number of nitrogens with two attached hydrogens (primary N) is 1. The lowest BCUT2D eigenvalue weighted by atomic mass is 9.96. The molecule has 27 heavy (non-hydrogen) atoms. The number of benzene rings is 1. The molecule has 1 aromatic rings. The number of piperazine rings is 1. The van der Waals surface area contributed by atoms with Gasteiger partial charge in [0, 0.05) is 50.7 Å². The van der Waals surface area contributed by atoms with Crippen molar-refractivity contribution in [3.05, 3.63) is 24.3 Å². The van der Waals surface area contributed by atoms with Crippen molar-refractivity contribution in [1.82, 2.24) is 9.80 Å². The SMILES string of the molecule is COc1ccc(N2CCN(C(=O)CCN3CCC(C(N)=O)CC3)CC2)cc1. The number of carbonyl (C=O) groups excluding carboxylic acids is 2. The van der Waals surface area contributed by atoms with Crippen LogP contribution in [0.4, 0.5) is 5.69 Å². The number of ether oxygens (including phenoxy) is 1. The van der Waals surface area contributed by atoms with E-state index in [9.17, 15) is 9.59 Å². The second kappa shape index (κ2) is 9.08. The molecule has 2 fully saturated rings. The molecule has 148 valence electrons. The van der Waals surface area contributed by atoms with E-state index in [1.54, 1.807) is 7.11 Å². The molecule has 2 saturated heterocycles. The summed E-state index contributed by atoms with van der Waals surface area (Å²) in [4.78, 5) is 30.3. The molecule has 0 aromatic heterocycles. The van der Waals surface area contributed by atoms with Crippen LogP contribution in [0.3, 0.4) is 0 Å². The van der Waals surface area contributed by atoms with E-state index in [2.05, 4.69) is 21.9 Å². The van der Waals surface area contributed by atoms with Gasteiger partial charge < -0.3 is 25.2 Å². The molecular formula is C20H30N4O3. The van der Waals surface area contributed by atoms with E-state index in [-0.39, 0.29) is 17.7 Å². The lowest BCUT2D eigenvalue weighted by Gasteiger charge is -2.37. The zero-order valence-corrected chi connectivity index (χ0v) is 16.1. The summed E-state index contributed by atoms with van der Waals surface area (Å²) in [6, 6.07) is 8.06. The first-order valence-electron chi connectivity index (χ1n) is 9.75. The topological polar surface area (TPSA) is 79.1 Å². The van der Waals surface area contributed by atoms with Crippen molar-refractivity contribution in [3.8, 4) is 5.75 Å². The summed E-state index contributed by atoms with van der Waals surface area (Å²) in [5, 5.41) is 0. The Morgan fingerprint density at radius 3 is 2.22 bits per heavy atom. The minimum absolute atomic E-state index is 0.00276. The van der Waals surface area contributed by atoms with E-state index in [0.717, 1.165) is 64.4 Å². The van der Waals surface area contributed by atoms with Crippen molar-refractivity contribution in [2.24, 2.45) is 11.7 Å². The van der Waals surface area contributed by atoms with E-state index in [4.69, 9.17) is 10.5 Å².